The molecule has 168 valence electrons. The molecule has 0 saturated carbocycles. The minimum absolute atomic E-state index is 0.00986. The van der Waals surface area contributed by atoms with Gasteiger partial charge >= 0.3 is 0 Å². The first-order chi connectivity index (χ1) is 15.7. The number of morpholine rings is 1. The van der Waals surface area contributed by atoms with E-state index in [9.17, 15) is 8.78 Å². The molecule has 2 aromatic carbocycles. The lowest BCUT2D eigenvalue weighted by Gasteiger charge is -2.26. The first-order valence-electron chi connectivity index (χ1n) is 10.9. The maximum atomic E-state index is 14.0. The Bertz CT molecular complexity index is 1150. The summed E-state index contributed by atoms with van der Waals surface area (Å²) in [6.45, 7) is 5.23. The average molecular weight is 440 g/mol. The van der Waals surface area contributed by atoms with E-state index in [1.54, 1.807) is 0 Å². The van der Waals surface area contributed by atoms with Crippen LogP contribution in [0.25, 0.3) is 22.0 Å². The van der Waals surface area contributed by atoms with Crippen LogP contribution >= 0.6 is 0 Å². The fourth-order valence-electron chi connectivity index (χ4n) is 4.23. The molecule has 1 aliphatic carbocycles. The molecule has 0 atom stereocenters. The predicted molar refractivity (Wildman–Crippen MR) is 120 cm³/mol. The van der Waals surface area contributed by atoms with E-state index in [-0.39, 0.29) is 12.1 Å². The summed E-state index contributed by atoms with van der Waals surface area (Å²) in [6.07, 6.45) is 0.948. The fraction of sp³-hybridized carbons (Fsp3) is 0.333. The van der Waals surface area contributed by atoms with E-state index in [1.807, 2.05) is 24.3 Å². The summed E-state index contributed by atoms with van der Waals surface area (Å²) in [7, 11) is 0. The number of rotatable bonds is 8. The molecule has 3 aliphatic rings. The maximum Gasteiger partial charge on any atom is 0.131 e. The lowest BCUT2D eigenvalue weighted by molar-refractivity contribution is 0.0358. The van der Waals surface area contributed by atoms with Crippen molar-refractivity contribution in [2.45, 2.75) is 13.0 Å². The van der Waals surface area contributed by atoms with Gasteiger partial charge in [-0.1, -0.05) is 18.2 Å². The Hall–Kier alpha value is -3.10. The van der Waals surface area contributed by atoms with E-state index >= 15 is 0 Å². The largest absolute Gasteiger partial charge is 0.493 e. The summed E-state index contributed by atoms with van der Waals surface area (Å²) in [5, 5.41) is 11.4. The van der Waals surface area contributed by atoms with Crippen LogP contribution in [-0.4, -0.2) is 54.6 Å². The van der Waals surface area contributed by atoms with Crippen molar-refractivity contribution in [1.29, 1.82) is 0 Å². The molecule has 0 amide bonds. The van der Waals surface area contributed by atoms with Crippen LogP contribution in [-0.2, 0) is 11.3 Å². The zero-order valence-corrected chi connectivity index (χ0v) is 17.7. The molecule has 0 bridgehead atoms. The third-order valence-electron chi connectivity index (χ3n) is 5.96. The van der Waals surface area contributed by atoms with Crippen molar-refractivity contribution in [1.82, 2.24) is 15.1 Å². The molecule has 0 spiro atoms. The number of halogens is 2. The number of nitrogens with zero attached hydrogens (tertiary/aromatic N) is 1. The first kappa shape index (κ1) is 20.8. The lowest BCUT2D eigenvalue weighted by Crippen LogP contribution is -2.37. The standard InChI is InChI=1S/C24H26F2N4O2/c25-20-5-2-6-21(26)19(20)15-27-24-18-14-17-16(23(18)28-29-24)4-1-7-22(17)32-11-3-8-30-9-12-31-13-10-30/h1-2,4-7,14,27-29H,3,8-13,15H2. The highest BCUT2D eigenvalue weighted by atomic mass is 19.1. The average Bonchev–Trinajstić information content (AvgIpc) is 3.37. The highest BCUT2D eigenvalue weighted by molar-refractivity contribution is 6.06. The summed E-state index contributed by atoms with van der Waals surface area (Å²) in [5.41, 5.74) is 1.85. The molecule has 0 aromatic heterocycles. The molecule has 1 fully saturated rings. The molecule has 0 unspecified atom stereocenters. The van der Waals surface area contributed by atoms with Crippen LogP contribution in [0.15, 0.2) is 42.5 Å². The van der Waals surface area contributed by atoms with E-state index in [1.165, 1.54) is 18.2 Å². The van der Waals surface area contributed by atoms with E-state index in [2.05, 4.69) is 20.4 Å². The molecule has 0 radical (unpaired) electrons. The van der Waals surface area contributed by atoms with Gasteiger partial charge in [0.2, 0.25) is 0 Å². The van der Waals surface area contributed by atoms with Gasteiger partial charge in [-0.25, -0.2) is 8.78 Å². The predicted octanol–water partition coefficient (Wildman–Crippen LogP) is 4.59. The van der Waals surface area contributed by atoms with Crippen molar-refractivity contribution < 1.29 is 18.3 Å². The Balaban J connectivity index is 1.29. The molecule has 6 nitrogen and oxygen atoms in total. The Kier molecular flexibility index (Phi) is 5.96. The van der Waals surface area contributed by atoms with Crippen LogP contribution in [0.5, 0.6) is 5.75 Å². The number of aromatic nitrogens is 2. The SMILES string of the molecule is Fc1cccc(F)c1CNc1[nH][nH]c2c3cccc(OCCCN4CCOCC4)c3cc1-2. The van der Waals surface area contributed by atoms with Crippen LogP contribution in [0.2, 0.25) is 0 Å². The Morgan fingerprint density at radius 3 is 2.59 bits per heavy atom. The van der Waals surface area contributed by atoms with Crippen molar-refractivity contribution in [3.05, 3.63) is 59.7 Å². The molecular formula is C24H26F2N4O2. The second-order valence-electron chi connectivity index (χ2n) is 7.99. The minimum atomic E-state index is -0.565. The van der Waals surface area contributed by atoms with Crippen molar-refractivity contribution >= 4 is 16.6 Å². The smallest absolute Gasteiger partial charge is 0.131 e. The number of hydrogen-bond donors (Lipinski definition) is 3. The Labute approximate surface area is 184 Å². The van der Waals surface area contributed by atoms with Gasteiger partial charge in [0.15, 0.2) is 0 Å². The van der Waals surface area contributed by atoms with E-state index in [4.69, 9.17) is 9.47 Å². The van der Waals surface area contributed by atoms with Gasteiger partial charge in [0.05, 0.1) is 25.5 Å². The number of aromatic amines is 2. The van der Waals surface area contributed by atoms with Crippen LogP contribution in [0, 0.1) is 11.6 Å². The highest BCUT2D eigenvalue weighted by Gasteiger charge is 2.20. The molecule has 3 N–H and O–H groups in total. The number of fused-ring (bicyclic) bond motifs is 3. The zero-order valence-electron chi connectivity index (χ0n) is 17.7. The van der Waals surface area contributed by atoms with Crippen LogP contribution in [0.1, 0.15) is 12.0 Å². The summed E-state index contributed by atoms with van der Waals surface area (Å²) < 4.78 is 39.4. The van der Waals surface area contributed by atoms with Crippen LogP contribution in [0.4, 0.5) is 14.6 Å². The molecule has 2 aliphatic heterocycles. The van der Waals surface area contributed by atoms with Gasteiger partial charge in [0.25, 0.3) is 0 Å². The molecule has 2 heterocycles. The fourth-order valence-corrected chi connectivity index (χ4v) is 4.23. The van der Waals surface area contributed by atoms with Gasteiger partial charge in [-0.2, -0.15) is 0 Å². The second kappa shape index (κ2) is 9.18. The van der Waals surface area contributed by atoms with Crippen molar-refractivity contribution in [2.75, 3.05) is 44.8 Å². The van der Waals surface area contributed by atoms with Gasteiger partial charge in [0.1, 0.15) is 23.2 Å². The lowest BCUT2D eigenvalue weighted by atomic mass is 10.2. The normalized spacial score (nSPS) is 14.9. The first-order valence-corrected chi connectivity index (χ1v) is 10.9. The monoisotopic (exact) mass is 440 g/mol. The van der Waals surface area contributed by atoms with Gasteiger partial charge in [-0.15, -0.1) is 0 Å². The Morgan fingerprint density at radius 1 is 1.00 bits per heavy atom. The van der Waals surface area contributed by atoms with Crippen molar-refractivity contribution in [3.8, 4) is 17.0 Å². The summed E-state index contributed by atoms with van der Waals surface area (Å²) in [6, 6.07) is 11.9. The van der Waals surface area contributed by atoms with Crippen LogP contribution in [0.3, 0.4) is 0 Å². The van der Waals surface area contributed by atoms with Gasteiger partial charge < -0.3 is 14.8 Å². The van der Waals surface area contributed by atoms with E-state index in [0.717, 1.165) is 67.0 Å². The van der Waals surface area contributed by atoms with E-state index in [0.29, 0.717) is 12.4 Å². The van der Waals surface area contributed by atoms with Gasteiger partial charge in [-0.05, 0) is 30.7 Å². The summed E-state index contributed by atoms with van der Waals surface area (Å²) in [5.74, 6) is 0.381. The molecule has 2 aromatic rings. The van der Waals surface area contributed by atoms with Crippen molar-refractivity contribution in [2.24, 2.45) is 0 Å². The molecule has 32 heavy (non-hydrogen) atoms. The number of nitrogens with one attached hydrogen (secondary N) is 3. The van der Waals surface area contributed by atoms with E-state index < -0.39 is 11.6 Å². The third kappa shape index (κ3) is 4.16. The minimum Gasteiger partial charge on any atom is -0.493 e. The number of anilines is 1. The summed E-state index contributed by atoms with van der Waals surface area (Å²) >= 11 is 0. The number of benzene rings is 2. The third-order valence-corrected chi connectivity index (χ3v) is 5.96. The highest BCUT2D eigenvalue weighted by Crippen LogP contribution is 2.41. The van der Waals surface area contributed by atoms with Crippen LogP contribution < -0.4 is 10.1 Å². The topological polar surface area (TPSA) is 65.3 Å². The summed E-state index contributed by atoms with van der Waals surface area (Å²) in [4.78, 5) is 2.39. The molecule has 5 rings (SSSR count). The van der Waals surface area contributed by atoms with Gasteiger partial charge in [0, 0.05) is 48.1 Å². The number of H-pyrrole nitrogens is 2. The number of ether oxygens (including phenoxy) is 2. The molecule has 8 heteroatoms. The number of hydrogen-bond acceptors (Lipinski definition) is 4. The van der Waals surface area contributed by atoms with Gasteiger partial charge in [-0.3, -0.25) is 15.1 Å². The van der Waals surface area contributed by atoms with Crippen molar-refractivity contribution in [3.63, 3.8) is 0 Å². The second-order valence-corrected chi connectivity index (χ2v) is 7.99. The quantitative estimate of drug-likeness (QED) is 0.351. The zero-order chi connectivity index (χ0) is 21.9. The maximum absolute atomic E-state index is 14.0. The molecular weight excluding hydrogens is 414 g/mol. The molecule has 1 saturated heterocycles. The Morgan fingerprint density at radius 2 is 1.78 bits per heavy atom.